The van der Waals surface area contributed by atoms with Gasteiger partial charge in [-0.25, -0.2) is 4.98 Å². The summed E-state index contributed by atoms with van der Waals surface area (Å²) in [7, 11) is -1.87. The van der Waals surface area contributed by atoms with Gasteiger partial charge in [-0.2, -0.15) is 0 Å². The Morgan fingerprint density at radius 1 is 1.18 bits per heavy atom. The highest BCUT2D eigenvalue weighted by atomic mass is 35.5. The Labute approximate surface area is 172 Å². The molecule has 0 spiro atoms. The Balaban J connectivity index is 1.36. The first-order valence-electron chi connectivity index (χ1n) is 9.81. The average molecular weight is 425 g/mol. The van der Waals surface area contributed by atoms with Crippen LogP contribution in [0.25, 0.3) is 11.0 Å². The van der Waals surface area contributed by atoms with E-state index in [1.807, 2.05) is 12.1 Å². The van der Waals surface area contributed by atoms with E-state index in [9.17, 15) is 0 Å². The molecule has 2 saturated heterocycles. The van der Waals surface area contributed by atoms with Crippen molar-refractivity contribution in [2.24, 2.45) is 0 Å². The Kier molecular flexibility index (Phi) is 5.35. The molecule has 4 rings (SSSR count). The van der Waals surface area contributed by atoms with Crippen molar-refractivity contribution in [1.29, 1.82) is 0 Å². The summed E-state index contributed by atoms with van der Waals surface area (Å²) < 4.78 is 24.7. The SMILES string of the molecule is CC(C)(C)[Si](C)(C)OC1CO[C@H]2[C@@H]1OC[C@H]2OCc1cc2nc(Cl)ccc2[nH]1. The molecule has 154 valence electrons. The molecule has 0 aromatic carbocycles. The van der Waals surface area contributed by atoms with Crippen molar-refractivity contribution >= 4 is 31.0 Å². The number of ether oxygens (including phenoxy) is 3. The molecule has 2 aromatic heterocycles. The first-order chi connectivity index (χ1) is 13.1. The van der Waals surface area contributed by atoms with E-state index in [1.54, 1.807) is 6.07 Å². The van der Waals surface area contributed by atoms with Crippen LogP contribution in [0.1, 0.15) is 26.5 Å². The van der Waals surface area contributed by atoms with Crippen LogP contribution in [0.15, 0.2) is 18.2 Å². The molecule has 2 aliphatic rings. The standard InChI is InChI=1S/C20H29ClN2O4Si/c1-20(2,3)28(4,5)27-16-11-26-18-15(10-25-19(16)18)24-9-12-8-14-13(22-12)6-7-17(21)23-14/h6-8,15-16,18-19,22H,9-11H2,1-5H3/t15-,16?,18-,19-/m1/s1. The summed E-state index contributed by atoms with van der Waals surface area (Å²) in [6.07, 6.45) is -0.242. The van der Waals surface area contributed by atoms with Crippen molar-refractivity contribution in [3.8, 4) is 0 Å². The van der Waals surface area contributed by atoms with Gasteiger partial charge in [-0.05, 0) is 36.3 Å². The molecule has 4 atom stereocenters. The second kappa shape index (κ2) is 7.38. The largest absolute Gasteiger partial charge is 0.409 e. The van der Waals surface area contributed by atoms with Crippen molar-refractivity contribution < 1.29 is 18.6 Å². The number of hydrogen-bond acceptors (Lipinski definition) is 5. The summed E-state index contributed by atoms with van der Waals surface area (Å²) in [6, 6.07) is 5.66. The third kappa shape index (κ3) is 3.88. The zero-order valence-electron chi connectivity index (χ0n) is 17.1. The van der Waals surface area contributed by atoms with Gasteiger partial charge in [-0.15, -0.1) is 0 Å². The fourth-order valence-electron chi connectivity index (χ4n) is 3.54. The zero-order valence-corrected chi connectivity index (χ0v) is 18.9. The third-order valence-corrected chi connectivity index (χ3v) is 10.9. The number of aromatic nitrogens is 2. The smallest absolute Gasteiger partial charge is 0.192 e. The van der Waals surface area contributed by atoms with Crippen LogP contribution in [0.3, 0.4) is 0 Å². The second-order valence-corrected chi connectivity index (χ2v) is 14.4. The van der Waals surface area contributed by atoms with Crippen LogP contribution in [0.5, 0.6) is 0 Å². The number of halogens is 1. The number of nitrogens with one attached hydrogen (secondary N) is 1. The molecule has 2 fully saturated rings. The van der Waals surface area contributed by atoms with E-state index >= 15 is 0 Å². The Morgan fingerprint density at radius 2 is 1.86 bits per heavy atom. The minimum absolute atomic E-state index is 0.0149. The van der Waals surface area contributed by atoms with Gasteiger partial charge < -0.3 is 23.6 Å². The molecule has 2 aliphatic heterocycles. The molecule has 0 aliphatic carbocycles. The van der Waals surface area contributed by atoms with E-state index in [0.29, 0.717) is 25.0 Å². The second-order valence-electron chi connectivity index (χ2n) is 9.22. The number of nitrogens with zero attached hydrogens (tertiary/aromatic N) is 1. The lowest BCUT2D eigenvalue weighted by atomic mass is 10.1. The van der Waals surface area contributed by atoms with Gasteiger partial charge in [0.2, 0.25) is 0 Å². The van der Waals surface area contributed by atoms with Crippen LogP contribution in [-0.2, 0) is 25.2 Å². The molecule has 8 heteroatoms. The van der Waals surface area contributed by atoms with E-state index in [2.05, 4.69) is 43.8 Å². The lowest BCUT2D eigenvalue weighted by molar-refractivity contribution is -0.0439. The Hall–Kier alpha value is -0.963. The molecule has 28 heavy (non-hydrogen) atoms. The number of rotatable bonds is 5. The highest BCUT2D eigenvalue weighted by Crippen LogP contribution is 2.40. The van der Waals surface area contributed by atoms with Gasteiger partial charge in [0.25, 0.3) is 0 Å². The fraction of sp³-hybridized carbons (Fsp3) is 0.650. The summed E-state index contributed by atoms with van der Waals surface area (Å²) in [5, 5.41) is 0.643. The lowest BCUT2D eigenvalue weighted by Gasteiger charge is -2.39. The quantitative estimate of drug-likeness (QED) is 0.572. The first-order valence-corrected chi connectivity index (χ1v) is 13.1. The lowest BCUT2D eigenvalue weighted by Crippen LogP contribution is -2.47. The zero-order chi connectivity index (χ0) is 20.1. The minimum Gasteiger partial charge on any atom is -0.409 e. The first kappa shape index (κ1) is 20.3. The summed E-state index contributed by atoms with van der Waals surface area (Å²) >= 11 is 5.96. The van der Waals surface area contributed by atoms with Gasteiger partial charge in [0, 0.05) is 5.69 Å². The summed E-state index contributed by atoms with van der Waals surface area (Å²) in [5.41, 5.74) is 2.75. The van der Waals surface area contributed by atoms with E-state index in [4.69, 9.17) is 30.2 Å². The van der Waals surface area contributed by atoms with Gasteiger partial charge >= 0.3 is 0 Å². The summed E-state index contributed by atoms with van der Waals surface area (Å²) in [6.45, 7) is 12.8. The maximum absolute atomic E-state index is 6.55. The summed E-state index contributed by atoms with van der Waals surface area (Å²) in [4.78, 5) is 7.63. The maximum atomic E-state index is 6.55. The molecule has 1 unspecified atom stereocenters. The average Bonchev–Trinajstić information content (AvgIpc) is 3.27. The van der Waals surface area contributed by atoms with Crippen LogP contribution in [0, 0.1) is 0 Å². The molecule has 2 aromatic rings. The predicted octanol–water partition coefficient (Wildman–Crippen LogP) is 4.29. The van der Waals surface area contributed by atoms with Gasteiger partial charge in [0.15, 0.2) is 8.32 Å². The summed E-state index contributed by atoms with van der Waals surface area (Å²) in [5.74, 6) is 0. The van der Waals surface area contributed by atoms with Crippen LogP contribution in [0.2, 0.25) is 23.3 Å². The van der Waals surface area contributed by atoms with E-state index in [-0.39, 0.29) is 29.5 Å². The topological polar surface area (TPSA) is 65.6 Å². The van der Waals surface area contributed by atoms with Gasteiger partial charge in [0.05, 0.1) is 37.0 Å². The van der Waals surface area contributed by atoms with Gasteiger partial charge in [0.1, 0.15) is 23.5 Å². The molecule has 0 saturated carbocycles. The van der Waals surface area contributed by atoms with E-state index < -0.39 is 8.32 Å². The van der Waals surface area contributed by atoms with Crippen LogP contribution in [-0.4, -0.2) is 55.9 Å². The molecule has 1 N–H and O–H groups in total. The van der Waals surface area contributed by atoms with Crippen LogP contribution < -0.4 is 0 Å². The van der Waals surface area contributed by atoms with Crippen LogP contribution >= 0.6 is 11.6 Å². The van der Waals surface area contributed by atoms with Crippen molar-refractivity contribution in [3.63, 3.8) is 0 Å². The van der Waals surface area contributed by atoms with Crippen LogP contribution in [0.4, 0.5) is 0 Å². The van der Waals surface area contributed by atoms with Crippen molar-refractivity contribution in [2.45, 2.75) is 69.9 Å². The monoisotopic (exact) mass is 424 g/mol. The molecular formula is C20H29ClN2O4Si. The molecule has 0 bridgehead atoms. The van der Waals surface area contributed by atoms with Crippen molar-refractivity contribution in [3.05, 3.63) is 29.0 Å². The number of fused-ring (bicyclic) bond motifs is 2. The third-order valence-electron chi connectivity index (χ3n) is 6.16. The number of pyridine rings is 1. The fourth-order valence-corrected chi connectivity index (χ4v) is 5.01. The predicted molar refractivity (Wildman–Crippen MR) is 111 cm³/mol. The van der Waals surface area contributed by atoms with E-state index in [0.717, 1.165) is 16.7 Å². The van der Waals surface area contributed by atoms with E-state index in [1.165, 1.54) is 0 Å². The van der Waals surface area contributed by atoms with Gasteiger partial charge in [-0.3, -0.25) is 0 Å². The number of H-pyrrole nitrogens is 1. The Bertz CT molecular complexity index is 850. The highest BCUT2D eigenvalue weighted by Gasteiger charge is 2.51. The molecular weight excluding hydrogens is 396 g/mol. The van der Waals surface area contributed by atoms with Crippen molar-refractivity contribution in [2.75, 3.05) is 13.2 Å². The molecule has 0 radical (unpaired) electrons. The Morgan fingerprint density at radius 3 is 2.57 bits per heavy atom. The maximum Gasteiger partial charge on any atom is 0.192 e. The normalized spacial score (nSPS) is 28.2. The molecule has 0 amide bonds. The van der Waals surface area contributed by atoms with Gasteiger partial charge in [-0.1, -0.05) is 32.4 Å². The molecule has 6 nitrogen and oxygen atoms in total. The number of aromatic amines is 1. The highest BCUT2D eigenvalue weighted by molar-refractivity contribution is 6.74. The molecule has 4 heterocycles. The van der Waals surface area contributed by atoms with Crippen molar-refractivity contribution in [1.82, 2.24) is 9.97 Å². The number of hydrogen-bond donors (Lipinski definition) is 1. The minimum atomic E-state index is -1.87.